The van der Waals surface area contributed by atoms with Gasteiger partial charge in [-0.25, -0.2) is 0 Å². The van der Waals surface area contributed by atoms with Crippen LogP contribution in [0, 0.1) is 0 Å². The van der Waals surface area contributed by atoms with Gasteiger partial charge in [0.05, 0.1) is 25.2 Å². The molecule has 2 aromatic heterocycles. The molecule has 2 heterocycles. The number of nitrogens with one attached hydrogen (secondary N) is 1. The average Bonchev–Trinajstić information content (AvgIpc) is 2.85. The first-order valence-electron chi connectivity index (χ1n) is 5.11. The molecule has 0 amide bonds. The van der Waals surface area contributed by atoms with Crippen molar-refractivity contribution >= 4 is 0 Å². The number of aromatic nitrogens is 2. The Morgan fingerprint density at radius 3 is 3.12 bits per heavy atom. The Labute approximate surface area is 94.0 Å². The van der Waals surface area contributed by atoms with E-state index in [1.165, 1.54) is 0 Å². The van der Waals surface area contributed by atoms with E-state index in [-0.39, 0.29) is 0 Å². The van der Waals surface area contributed by atoms with Crippen LogP contribution in [-0.4, -0.2) is 16.8 Å². The highest BCUT2D eigenvalue weighted by molar-refractivity contribution is 5.18. The molecule has 0 fully saturated rings. The first-order chi connectivity index (χ1) is 7.79. The minimum absolute atomic E-state index is 0.499. The van der Waals surface area contributed by atoms with Crippen molar-refractivity contribution < 1.29 is 9.15 Å². The van der Waals surface area contributed by atoms with Gasteiger partial charge in [-0.05, 0) is 13.1 Å². The van der Waals surface area contributed by atoms with E-state index in [1.54, 1.807) is 17.1 Å². The molecule has 2 rings (SSSR count). The van der Waals surface area contributed by atoms with Crippen LogP contribution in [0.4, 0.5) is 0 Å². The highest BCUT2D eigenvalue weighted by Crippen LogP contribution is 2.14. The van der Waals surface area contributed by atoms with Gasteiger partial charge in [0, 0.05) is 12.6 Å². The Hall–Kier alpha value is -1.75. The van der Waals surface area contributed by atoms with Crippen molar-refractivity contribution in [3.05, 3.63) is 36.0 Å². The van der Waals surface area contributed by atoms with Crippen LogP contribution in [0.25, 0.3) is 0 Å². The van der Waals surface area contributed by atoms with Gasteiger partial charge in [-0.15, -0.1) is 0 Å². The lowest BCUT2D eigenvalue weighted by atomic mass is 10.2. The van der Waals surface area contributed by atoms with Crippen LogP contribution in [0.15, 0.2) is 29.1 Å². The van der Waals surface area contributed by atoms with Crippen molar-refractivity contribution in [1.82, 2.24) is 15.1 Å². The third kappa shape index (κ3) is 2.43. The van der Waals surface area contributed by atoms with Gasteiger partial charge in [-0.3, -0.25) is 4.68 Å². The number of hydrogen-bond donors (Lipinski definition) is 1. The predicted molar refractivity (Wildman–Crippen MR) is 59.0 cm³/mol. The van der Waals surface area contributed by atoms with E-state index in [2.05, 4.69) is 10.4 Å². The van der Waals surface area contributed by atoms with Crippen molar-refractivity contribution in [3.63, 3.8) is 0 Å². The van der Waals surface area contributed by atoms with Gasteiger partial charge in [0.15, 0.2) is 5.75 Å². The van der Waals surface area contributed by atoms with Gasteiger partial charge in [-0.1, -0.05) is 0 Å². The van der Waals surface area contributed by atoms with Crippen LogP contribution in [0.3, 0.4) is 0 Å². The van der Waals surface area contributed by atoms with Crippen LogP contribution in [-0.2, 0) is 20.2 Å². The van der Waals surface area contributed by atoms with Crippen molar-refractivity contribution in [2.45, 2.75) is 13.2 Å². The Balaban J connectivity index is 1.96. The molecule has 1 N–H and O–H groups in total. The molecule has 0 bridgehead atoms. The molecule has 2 aromatic rings. The quantitative estimate of drug-likeness (QED) is 0.827. The van der Waals surface area contributed by atoms with Gasteiger partial charge in [-0.2, -0.15) is 5.10 Å². The summed E-state index contributed by atoms with van der Waals surface area (Å²) >= 11 is 0. The van der Waals surface area contributed by atoms with Crippen molar-refractivity contribution in [1.29, 1.82) is 0 Å². The second kappa shape index (κ2) is 4.85. The van der Waals surface area contributed by atoms with E-state index in [0.29, 0.717) is 13.2 Å². The van der Waals surface area contributed by atoms with E-state index < -0.39 is 0 Å². The molecule has 5 nitrogen and oxygen atoms in total. The first-order valence-corrected chi connectivity index (χ1v) is 5.11. The zero-order chi connectivity index (χ0) is 11.4. The van der Waals surface area contributed by atoms with E-state index in [9.17, 15) is 0 Å². The first kappa shape index (κ1) is 10.8. The summed E-state index contributed by atoms with van der Waals surface area (Å²) in [6.45, 7) is 1.21. The second-order valence-corrected chi connectivity index (χ2v) is 3.54. The molecule has 0 saturated heterocycles. The van der Waals surface area contributed by atoms with Gasteiger partial charge >= 0.3 is 0 Å². The van der Waals surface area contributed by atoms with Gasteiger partial charge in [0.1, 0.15) is 12.4 Å². The fourth-order valence-corrected chi connectivity index (χ4v) is 1.45. The maximum atomic E-state index is 5.59. The third-order valence-electron chi connectivity index (χ3n) is 2.25. The summed E-state index contributed by atoms with van der Waals surface area (Å²) in [7, 11) is 3.74. The fraction of sp³-hybridized carbons (Fsp3) is 0.364. The summed E-state index contributed by atoms with van der Waals surface area (Å²) in [4.78, 5) is 0. The number of aryl methyl sites for hydroxylation is 1. The molecule has 5 heteroatoms. The minimum Gasteiger partial charge on any atom is -0.485 e. The zero-order valence-electron chi connectivity index (χ0n) is 9.43. The molecule has 0 radical (unpaired) electrons. The Kier molecular flexibility index (Phi) is 3.26. The van der Waals surface area contributed by atoms with Crippen LogP contribution in [0.2, 0.25) is 0 Å². The van der Waals surface area contributed by atoms with Crippen molar-refractivity contribution in [2.24, 2.45) is 7.05 Å². The van der Waals surface area contributed by atoms with Crippen LogP contribution in [0.1, 0.15) is 11.3 Å². The van der Waals surface area contributed by atoms with Crippen LogP contribution in [0.5, 0.6) is 5.75 Å². The molecule has 16 heavy (non-hydrogen) atoms. The zero-order valence-corrected chi connectivity index (χ0v) is 9.43. The van der Waals surface area contributed by atoms with Gasteiger partial charge in [0.2, 0.25) is 0 Å². The maximum Gasteiger partial charge on any atom is 0.157 e. The normalized spacial score (nSPS) is 10.6. The van der Waals surface area contributed by atoms with E-state index >= 15 is 0 Å². The monoisotopic (exact) mass is 221 g/mol. The number of hydrogen-bond acceptors (Lipinski definition) is 4. The second-order valence-electron chi connectivity index (χ2n) is 3.54. The number of nitrogens with zero attached hydrogens (tertiary/aromatic N) is 2. The smallest absolute Gasteiger partial charge is 0.157 e. The Morgan fingerprint density at radius 1 is 1.56 bits per heavy atom. The summed E-state index contributed by atoms with van der Waals surface area (Å²) in [5.74, 6) is 1.67. The largest absolute Gasteiger partial charge is 0.485 e. The van der Waals surface area contributed by atoms with E-state index in [1.807, 2.05) is 26.4 Å². The van der Waals surface area contributed by atoms with Gasteiger partial charge < -0.3 is 14.5 Å². The average molecular weight is 221 g/mol. The Bertz CT molecular complexity index is 448. The fourth-order valence-electron chi connectivity index (χ4n) is 1.45. The summed E-state index contributed by atoms with van der Waals surface area (Å²) < 4.78 is 12.6. The summed E-state index contributed by atoms with van der Waals surface area (Å²) in [6.07, 6.45) is 5.20. The molecule has 0 saturated carbocycles. The molecule has 0 atom stereocenters. The molecule has 0 aliphatic heterocycles. The topological polar surface area (TPSA) is 52.2 Å². The lowest BCUT2D eigenvalue weighted by molar-refractivity contribution is 0.301. The van der Waals surface area contributed by atoms with Crippen molar-refractivity contribution in [3.8, 4) is 5.75 Å². The minimum atomic E-state index is 0.499. The molecule has 0 aliphatic rings. The molecule has 86 valence electrons. The molecular weight excluding hydrogens is 206 g/mol. The summed E-state index contributed by atoms with van der Waals surface area (Å²) in [5.41, 5.74) is 1.05. The maximum absolute atomic E-state index is 5.59. The SMILES string of the molecule is CNCc1occc1COc1cnn(C)c1. The lowest BCUT2D eigenvalue weighted by Crippen LogP contribution is -2.07. The summed E-state index contributed by atoms with van der Waals surface area (Å²) in [6, 6.07) is 1.92. The number of ether oxygens (including phenoxy) is 1. The molecule has 0 spiro atoms. The molecule has 0 unspecified atom stereocenters. The van der Waals surface area contributed by atoms with E-state index in [4.69, 9.17) is 9.15 Å². The highest BCUT2D eigenvalue weighted by Gasteiger charge is 2.06. The van der Waals surface area contributed by atoms with E-state index in [0.717, 1.165) is 17.1 Å². The number of rotatable bonds is 5. The highest BCUT2D eigenvalue weighted by atomic mass is 16.5. The molecular formula is C11H15N3O2. The Morgan fingerprint density at radius 2 is 2.44 bits per heavy atom. The molecule has 0 aliphatic carbocycles. The van der Waals surface area contributed by atoms with Crippen LogP contribution < -0.4 is 10.1 Å². The third-order valence-corrected chi connectivity index (χ3v) is 2.25. The standard InChI is InChI=1S/C11H15N3O2/c1-12-6-11-9(3-4-15-11)8-16-10-5-13-14(2)7-10/h3-5,7,12H,6,8H2,1-2H3. The number of furan rings is 1. The predicted octanol–water partition coefficient (Wildman–Crippen LogP) is 1.31. The molecule has 0 aromatic carbocycles. The van der Waals surface area contributed by atoms with Gasteiger partial charge in [0.25, 0.3) is 0 Å². The van der Waals surface area contributed by atoms with Crippen molar-refractivity contribution in [2.75, 3.05) is 7.05 Å². The lowest BCUT2D eigenvalue weighted by Gasteiger charge is -2.03. The van der Waals surface area contributed by atoms with Crippen LogP contribution >= 0.6 is 0 Å². The summed E-state index contributed by atoms with van der Waals surface area (Å²) in [5, 5.41) is 7.08.